The third kappa shape index (κ3) is 4.63. The number of alkyl halides is 3. The Labute approximate surface area is 169 Å². The largest absolute Gasteiger partial charge is 0.416 e. The molecule has 0 saturated heterocycles. The number of rotatable bonds is 4. The van der Waals surface area contributed by atoms with Crippen LogP contribution in [-0.4, -0.2) is 22.6 Å². The normalized spacial score (nSPS) is 13.8. The van der Waals surface area contributed by atoms with E-state index in [0.29, 0.717) is 27.7 Å². The molecule has 0 radical (unpaired) electrons. The maximum atomic E-state index is 12.6. The van der Waals surface area contributed by atoms with Gasteiger partial charge in [0.2, 0.25) is 5.13 Å². The lowest BCUT2D eigenvalue weighted by Gasteiger charge is -2.17. The first kappa shape index (κ1) is 19.5. The molecule has 9 heteroatoms. The lowest BCUT2D eigenvalue weighted by atomic mass is 9.98. The molecule has 150 valence electrons. The highest BCUT2D eigenvalue weighted by molar-refractivity contribution is 7.15. The van der Waals surface area contributed by atoms with E-state index in [1.54, 1.807) is 6.07 Å². The number of hydrogen-bond acceptors (Lipinski definition) is 5. The molecule has 2 heterocycles. The van der Waals surface area contributed by atoms with Crippen molar-refractivity contribution in [1.82, 2.24) is 15.5 Å². The Hall–Kier alpha value is -2.78. The Morgan fingerprint density at radius 2 is 1.90 bits per heavy atom. The number of benzene rings is 2. The van der Waals surface area contributed by atoms with Crippen molar-refractivity contribution in [2.45, 2.75) is 25.6 Å². The fourth-order valence-corrected chi connectivity index (χ4v) is 3.92. The van der Waals surface area contributed by atoms with Gasteiger partial charge in [-0.2, -0.15) is 13.2 Å². The second-order valence-electron chi connectivity index (χ2n) is 6.74. The van der Waals surface area contributed by atoms with Gasteiger partial charge in [0, 0.05) is 18.5 Å². The summed E-state index contributed by atoms with van der Waals surface area (Å²) in [6.45, 7) is 1.70. The molecule has 5 nitrogen and oxygen atoms in total. The van der Waals surface area contributed by atoms with Crippen LogP contribution in [0.1, 0.15) is 37.6 Å². The summed E-state index contributed by atoms with van der Waals surface area (Å²) in [5.41, 5.74) is 2.92. The molecule has 1 aromatic heterocycles. The summed E-state index contributed by atoms with van der Waals surface area (Å²) < 4.78 is 37.9. The van der Waals surface area contributed by atoms with E-state index in [9.17, 15) is 18.0 Å². The first-order chi connectivity index (χ1) is 13.9. The van der Waals surface area contributed by atoms with Crippen LogP contribution in [0.3, 0.4) is 0 Å². The second kappa shape index (κ2) is 7.92. The SMILES string of the molecule is O=C(Nc1nnc(Cc2ccc(C(F)(F)F)cc2)s1)c1ccc2c(c1)CCNC2. The van der Waals surface area contributed by atoms with Gasteiger partial charge in [0.25, 0.3) is 5.91 Å². The number of nitrogens with zero attached hydrogens (tertiary/aromatic N) is 2. The molecule has 2 N–H and O–H groups in total. The van der Waals surface area contributed by atoms with E-state index in [-0.39, 0.29) is 5.91 Å². The molecule has 2 aromatic carbocycles. The van der Waals surface area contributed by atoms with Crippen molar-refractivity contribution in [1.29, 1.82) is 0 Å². The third-order valence-electron chi connectivity index (χ3n) is 4.68. The highest BCUT2D eigenvalue weighted by atomic mass is 32.1. The van der Waals surface area contributed by atoms with Crippen LogP contribution in [0.5, 0.6) is 0 Å². The summed E-state index contributed by atoms with van der Waals surface area (Å²) in [6, 6.07) is 10.6. The first-order valence-corrected chi connectivity index (χ1v) is 9.82. The molecule has 0 saturated carbocycles. The summed E-state index contributed by atoms with van der Waals surface area (Å²) in [7, 11) is 0. The molecular weight excluding hydrogens is 401 g/mol. The highest BCUT2D eigenvalue weighted by Crippen LogP contribution is 2.29. The maximum Gasteiger partial charge on any atom is 0.416 e. The molecule has 1 amide bonds. The Bertz CT molecular complexity index is 1030. The van der Waals surface area contributed by atoms with Crippen molar-refractivity contribution in [2.75, 3.05) is 11.9 Å². The molecule has 1 aliphatic rings. The summed E-state index contributed by atoms with van der Waals surface area (Å²) in [4.78, 5) is 12.5. The van der Waals surface area contributed by atoms with Crippen LogP contribution in [0.25, 0.3) is 0 Å². The monoisotopic (exact) mass is 418 g/mol. The molecule has 4 rings (SSSR count). The Morgan fingerprint density at radius 3 is 2.66 bits per heavy atom. The van der Waals surface area contributed by atoms with E-state index >= 15 is 0 Å². The third-order valence-corrected chi connectivity index (χ3v) is 5.52. The molecule has 1 aliphatic heterocycles. The molecule has 29 heavy (non-hydrogen) atoms. The first-order valence-electron chi connectivity index (χ1n) is 9.01. The van der Waals surface area contributed by atoms with Gasteiger partial charge in [0.05, 0.1) is 5.56 Å². The summed E-state index contributed by atoms with van der Waals surface area (Å²) in [6.07, 6.45) is -3.13. The summed E-state index contributed by atoms with van der Waals surface area (Å²) >= 11 is 1.20. The van der Waals surface area contributed by atoms with Crippen molar-refractivity contribution in [3.8, 4) is 0 Å². The number of amides is 1. The number of halogens is 3. The van der Waals surface area contributed by atoms with Gasteiger partial charge in [0.1, 0.15) is 5.01 Å². The predicted octanol–water partition coefficient (Wildman–Crippen LogP) is 4.05. The average molecular weight is 418 g/mol. The topological polar surface area (TPSA) is 66.9 Å². The fraction of sp³-hybridized carbons (Fsp3) is 0.250. The van der Waals surface area contributed by atoms with Crippen LogP contribution < -0.4 is 10.6 Å². The minimum atomic E-state index is -4.36. The molecule has 0 unspecified atom stereocenters. The van der Waals surface area contributed by atoms with Gasteiger partial charge in [-0.05, 0) is 53.9 Å². The number of nitrogens with one attached hydrogen (secondary N) is 2. The van der Waals surface area contributed by atoms with Crippen molar-refractivity contribution < 1.29 is 18.0 Å². The van der Waals surface area contributed by atoms with Crippen LogP contribution in [-0.2, 0) is 25.6 Å². The van der Waals surface area contributed by atoms with Gasteiger partial charge in [-0.3, -0.25) is 10.1 Å². The molecule has 0 bridgehead atoms. The van der Waals surface area contributed by atoms with Crippen LogP contribution in [0.2, 0.25) is 0 Å². The highest BCUT2D eigenvalue weighted by Gasteiger charge is 2.29. The smallest absolute Gasteiger partial charge is 0.312 e. The standard InChI is InChI=1S/C20H17F3N4OS/c21-20(22,23)16-5-1-12(2-6-16)9-17-26-27-19(29-17)25-18(28)14-3-4-15-11-24-8-7-13(15)10-14/h1-6,10,24H,7-9,11H2,(H,25,27,28). The van der Waals surface area contributed by atoms with E-state index in [2.05, 4.69) is 20.8 Å². The van der Waals surface area contributed by atoms with Crippen LogP contribution in [0.4, 0.5) is 18.3 Å². The average Bonchev–Trinajstić information content (AvgIpc) is 3.14. The van der Waals surface area contributed by atoms with Gasteiger partial charge in [-0.25, -0.2) is 0 Å². The van der Waals surface area contributed by atoms with Crippen molar-refractivity contribution >= 4 is 22.4 Å². The van der Waals surface area contributed by atoms with Crippen LogP contribution in [0, 0.1) is 0 Å². The number of hydrogen-bond donors (Lipinski definition) is 2. The number of carbonyl (C=O) groups is 1. The number of anilines is 1. The van der Waals surface area contributed by atoms with Crippen molar-refractivity contribution in [2.24, 2.45) is 0 Å². The minimum Gasteiger partial charge on any atom is -0.312 e. The van der Waals surface area contributed by atoms with E-state index in [4.69, 9.17) is 0 Å². The summed E-state index contributed by atoms with van der Waals surface area (Å²) in [5.74, 6) is -0.261. The summed E-state index contributed by atoms with van der Waals surface area (Å²) in [5, 5.41) is 15.0. The van der Waals surface area contributed by atoms with E-state index in [0.717, 1.165) is 37.2 Å². The molecule has 0 fully saturated rings. The van der Waals surface area contributed by atoms with E-state index < -0.39 is 11.7 Å². The Morgan fingerprint density at radius 1 is 1.10 bits per heavy atom. The Balaban J connectivity index is 1.41. The Kier molecular flexibility index (Phi) is 5.33. The van der Waals surface area contributed by atoms with Gasteiger partial charge >= 0.3 is 6.18 Å². The van der Waals surface area contributed by atoms with Crippen molar-refractivity contribution in [3.05, 3.63) is 75.3 Å². The van der Waals surface area contributed by atoms with Gasteiger partial charge in [-0.15, -0.1) is 10.2 Å². The van der Waals surface area contributed by atoms with Crippen LogP contribution >= 0.6 is 11.3 Å². The van der Waals surface area contributed by atoms with Crippen LogP contribution in [0.15, 0.2) is 42.5 Å². The molecular formula is C20H17F3N4OS. The zero-order chi connectivity index (χ0) is 20.4. The number of carbonyl (C=O) groups excluding carboxylic acids is 1. The molecule has 0 spiro atoms. The lowest BCUT2D eigenvalue weighted by molar-refractivity contribution is -0.137. The minimum absolute atomic E-state index is 0.261. The van der Waals surface area contributed by atoms with Crippen molar-refractivity contribution in [3.63, 3.8) is 0 Å². The lowest BCUT2D eigenvalue weighted by Crippen LogP contribution is -2.24. The maximum absolute atomic E-state index is 12.6. The zero-order valence-corrected chi connectivity index (χ0v) is 16.0. The number of fused-ring (bicyclic) bond motifs is 1. The number of aromatic nitrogens is 2. The predicted molar refractivity (Wildman–Crippen MR) is 104 cm³/mol. The van der Waals surface area contributed by atoms with Gasteiger partial charge in [0.15, 0.2) is 0 Å². The van der Waals surface area contributed by atoms with Gasteiger partial charge in [-0.1, -0.05) is 29.5 Å². The molecule has 3 aromatic rings. The quantitative estimate of drug-likeness (QED) is 0.671. The molecule has 0 aliphatic carbocycles. The van der Waals surface area contributed by atoms with E-state index in [1.165, 1.54) is 29.0 Å². The van der Waals surface area contributed by atoms with E-state index in [1.807, 2.05) is 12.1 Å². The zero-order valence-electron chi connectivity index (χ0n) is 15.2. The second-order valence-corrected chi connectivity index (χ2v) is 7.80. The molecule has 0 atom stereocenters. The fourth-order valence-electron chi connectivity index (χ4n) is 3.15. The van der Waals surface area contributed by atoms with Gasteiger partial charge < -0.3 is 5.32 Å².